The van der Waals surface area contributed by atoms with Crippen LogP contribution in [0.4, 0.5) is 10.1 Å². The maximum absolute atomic E-state index is 13.0. The van der Waals surface area contributed by atoms with E-state index in [4.69, 9.17) is 34.8 Å². The van der Waals surface area contributed by atoms with Gasteiger partial charge >= 0.3 is 0 Å². The van der Waals surface area contributed by atoms with Crippen molar-refractivity contribution >= 4 is 57.3 Å². The van der Waals surface area contributed by atoms with Gasteiger partial charge in [-0.05, 0) is 30.3 Å². The van der Waals surface area contributed by atoms with Crippen molar-refractivity contribution in [1.29, 1.82) is 0 Å². The largest absolute Gasteiger partial charge is 0.323 e. The third-order valence-electron chi connectivity index (χ3n) is 3.36. The molecule has 9 heteroatoms. The first-order valence-electron chi connectivity index (χ1n) is 6.94. The lowest BCUT2D eigenvalue weighted by Crippen LogP contribution is -2.28. The molecule has 0 aliphatic heterocycles. The average molecular weight is 401 g/mol. The van der Waals surface area contributed by atoms with Gasteiger partial charge in [0.1, 0.15) is 12.4 Å². The molecule has 25 heavy (non-hydrogen) atoms. The molecule has 0 saturated heterocycles. The predicted octanol–water partition coefficient (Wildman–Crippen LogP) is 4.13. The predicted molar refractivity (Wildman–Crippen MR) is 96.1 cm³/mol. The number of aromatic nitrogens is 2. The lowest BCUT2D eigenvalue weighted by molar-refractivity contribution is -0.116. The molecule has 3 rings (SSSR count). The minimum Gasteiger partial charge on any atom is -0.323 e. The van der Waals surface area contributed by atoms with E-state index in [0.717, 1.165) is 16.7 Å². The van der Waals surface area contributed by atoms with Gasteiger partial charge in [0, 0.05) is 5.02 Å². The van der Waals surface area contributed by atoms with Crippen LogP contribution in [0.5, 0.6) is 0 Å². The Morgan fingerprint density at radius 1 is 1.16 bits per heavy atom. The summed E-state index contributed by atoms with van der Waals surface area (Å²) in [6.45, 7) is -0.306. The highest BCUT2D eigenvalue weighted by molar-refractivity contribution is 6.38. The highest BCUT2D eigenvalue weighted by Gasteiger charge is 2.12. The van der Waals surface area contributed by atoms with Crippen molar-refractivity contribution in [2.24, 2.45) is 0 Å². The van der Waals surface area contributed by atoms with Crippen LogP contribution in [0.15, 0.2) is 41.5 Å². The first-order valence-corrected chi connectivity index (χ1v) is 8.07. The van der Waals surface area contributed by atoms with Crippen molar-refractivity contribution in [2.45, 2.75) is 6.54 Å². The number of nitrogens with zero attached hydrogens (tertiary/aromatic N) is 2. The molecule has 0 fully saturated rings. The fourth-order valence-electron chi connectivity index (χ4n) is 2.24. The molecule has 1 N–H and O–H groups in total. The lowest BCUT2D eigenvalue weighted by Gasteiger charge is -2.10. The quantitative estimate of drug-likeness (QED) is 0.719. The molecule has 0 aliphatic carbocycles. The smallest absolute Gasteiger partial charge is 0.261 e. The average Bonchev–Trinajstić information content (AvgIpc) is 2.53. The zero-order chi connectivity index (χ0) is 18.1. The van der Waals surface area contributed by atoms with Gasteiger partial charge in [0.2, 0.25) is 5.91 Å². The minimum absolute atomic E-state index is 0.0518. The number of nitrogens with one attached hydrogen (secondary N) is 1. The van der Waals surface area contributed by atoms with Crippen molar-refractivity contribution in [3.8, 4) is 0 Å². The summed E-state index contributed by atoms with van der Waals surface area (Å²) in [5.41, 5.74) is 0.0741. The van der Waals surface area contributed by atoms with Crippen molar-refractivity contribution in [1.82, 2.24) is 9.55 Å². The van der Waals surface area contributed by atoms with E-state index in [9.17, 15) is 14.0 Å². The summed E-state index contributed by atoms with van der Waals surface area (Å²) < 4.78 is 14.1. The Labute approximate surface area is 155 Å². The van der Waals surface area contributed by atoms with Crippen LogP contribution in [0.25, 0.3) is 10.9 Å². The Morgan fingerprint density at radius 3 is 2.64 bits per heavy atom. The normalized spacial score (nSPS) is 10.9. The summed E-state index contributed by atoms with van der Waals surface area (Å²) >= 11 is 17.8. The number of carbonyl (C=O) groups excluding carboxylic acids is 1. The van der Waals surface area contributed by atoms with Crippen LogP contribution < -0.4 is 10.9 Å². The molecule has 2 aromatic carbocycles. The number of fused-ring (bicyclic) bond motifs is 1. The fourth-order valence-corrected chi connectivity index (χ4v) is 3.00. The molecule has 0 saturated carbocycles. The Hall–Kier alpha value is -2.15. The van der Waals surface area contributed by atoms with Gasteiger partial charge in [-0.25, -0.2) is 9.37 Å². The number of halogens is 4. The van der Waals surface area contributed by atoms with Gasteiger partial charge in [0.15, 0.2) is 0 Å². The highest BCUT2D eigenvalue weighted by atomic mass is 35.5. The van der Waals surface area contributed by atoms with E-state index < -0.39 is 17.3 Å². The van der Waals surface area contributed by atoms with Gasteiger partial charge < -0.3 is 5.32 Å². The first kappa shape index (κ1) is 17.7. The molecule has 1 aromatic heterocycles. The van der Waals surface area contributed by atoms with E-state index in [2.05, 4.69) is 10.3 Å². The van der Waals surface area contributed by atoms with Crippen molar-refractivity contribution in [2.75, 3.05) is 5.32 Å². The second kappa shape index (κ2) is 7.00. The number of anilines is 1. The fraction of sp³-hybridized carbons (Fsp3) is 0.0625. The summed E-state index contributed by atoms with van der Waals surface area (Å²) in [5.74, 6) is -1.04. The first-order chi connectivity index (χ1) is 11.8. The van der Waals surface area contributed by atoms with E-state index >= 15 is 0 Å². The summed E-state index contributed by atoms with van der Waals surface area (Å²) in [4.78, 5) is 28.7. The van der Waals surface area contributed by atoms with Gasteiger partial charge in [-0.15, -0.1) is 0 Å². The Morgan fingerprint density at radius 2 is 1.92 bits per heavy atom. The van der Waals surface area contributed by atoms with Gasteiger partial charge in [0.25, 0.3) is 5.56 Å². The summed E-state index contributed by atoms with van der Waals surface area (Å²) in [6.07, 6.45) is 1.22. The number of hydrogen-bond donors (Lipinski definition) is 1. The molecule has 0 atom stereocenters. The van der Waals surface area contributed by atoms with E-state index in [-0.39, 0.29) is 32.7 Å². The van der Waals surface area contributed by atoms with E-state index in [1.54, 1.807) is 0 Å². The van der Waals surface area contributed by atoms with Crippen LogP contribution in [-0.2, 0) is 11.3 Å². The maximum Gasteiger partial charge on any atom is 0.261 e. The second-order valence-corrected chi connectivity index (χ2v) is 6.38. The summed E-state index contributed by atoms with van der Waals surface area (Å²) in [6, 6.07) is 6.48. The molecular weight excluding hydrogens is 392 g/mol. The van der Waals surface area contributed by atoms with E-state index in [0.29, 0.717) is 5.52 Å². The Balaban J connectivity index is 1.89. The Bertz CT molecular complexity index is 1050. The molecule has 1 heterocycles. The van der Waals surface area contributed by atoms with Crippen molar-refractivity contribution < 1.29 is 9.18 Å². The van der Waals surface area contributed by atoms with Crippen LogP contribution in [-0.4, -0.2) is 15.5 Å². The molecule has 0 spiro atoms. The Kier molecular flexibility index (Phi) is 4.94. The van der Waals surface area contributed by atoms with Crippen molar-refractivity contribution in [3.63, 3.8) is 0 Å². The zero-order valence-corrected chi connectivity index (χ0v) is 14.7. The second-order valence-electron chi connectivity index (χ2n) is 5.13. The van der Waals surface area contributed by atoms with Crippen LogP contribution in [0, 0.1) is 5.82 Å². The topological polar surface area (TPSA) is 64.0 Å². The van der Waals surface area contributed by atoms with Gasteiger partial charge in [-0.1, -0.05) is 34.8 Å². The SMILES string of the molecule is O=C(Cn1cnc2c(Cl)cc(Cl)cc2c1=O)Nc1ccc(F)cc1Cl. The molecule has 0 bridgehead atoms. The lowest BCUT2D eigenvalue weighted by atomic mass is 10.2. The number of hydrogen-bond acceptors (Lipinski definition) is 3. The molecule has 0 aliphatic rings. The van der Waals surface area contributed by atoms with Gasteiger partial charge in [0.05, 0.1) is 33.0 Å². The number of amides is 1. The zero-order valence-electron chi connectivity index (χ0n) is 12.4. The van der Waals surface area contributed by atoms with Crippen molar-refractivity contribution in [3.05, 3.63) is 67.9 Å². The third-order valence-corrected chi connectivity index (χ3v) is 4.18. The number of benzene rings is 2. The number of rotatable bonds is 3. The van der Waals surface area contributed by atoms with Crippen LogP contribution in [0.2, 0.25) is 15.1 Å². The van der Waals surface area contributed by atoms with Gasteiger partial charge in [-0.2, -0.15) is 0 Å². The van der Waals surface area contributed by atoms with Crippen LogP contribution >= 0.6 is 34.8 Å². The summed E-state index contributed by atoms with van der Waals surface area (Å²) in [7, 11) is 0. The summed E-state index contributed by atoms with van der Waals surface area (Å²) in [5, 5.41) is 3.29. The highest BCUT2D eigenvalue weighted by Crippen LogP contribution is 2.24. The molecule has 5 nitrogen and oxygen atoms in total. The molecule has 128 valence electrons. The maximum atomic E-state index is 13.0. The molecule has 0 unspecified atom stereocenters. The van der Waals surface area contributed by atoms with E-state index in [1.165, 1.54) is 24.5 Å². The minimum atomic E-state index is -0.523. The molecule has 1 amide bonds. The molecular formula is C16H9Cl3FN3O2. The third kappa shape index (κ3) is 3.76. The van der Waals surface area contributed by atoms with Gasteiger partial charge in [-0.3, -0.25) is 14.2 Å². The molecule has 3 aromatic rings. The molecule has 0 radical (unpaired) electrons. The van der Waals surface area contributed by atoms with E-state index in [1.807, 2.05) is 0 Å². The monoisotopic (exact) mass is 399 g/mol. The van der Waals surface area contributed by atoms with Crippen LogP contribution in [0.3, 0.4) is 0 Å². The van der Waals surface area contributed by atoms with Crippen LogP contribution in [0.1, 0.15) is 0 Å². The number of carbonyl (C=O) groups is 1. The standard InChI is InChI=1S/C16H9Cl3FN3O2/c17-8-3-10-15(12(19)4-8)21-7-23(16(10)25)6-14(24)22-13-2-1-9(20)5-11(13)18/h1-5,7H,6H2,(H,22,24).